The van der Waals surface area contributed by atoms with Crippen LogP contribution in [0.2, 0.25) is 0 Å². The number of rotatable bonds is 7. The molecule has 1 amide bonds. The van der Waals surface area contributed by atoms with Gasteiger partial charge in [-0.05, 0) is 30.7 Å². The van der Waals surface area contributed by atoms with Crippen LogP contribution in [0.4, 0.5) is 8.78 Å². The summed E-state index contributed by atoms with van der Waals surface area (Å²) in [6, 6.07) is 13.7. The fourth-order valence-corrected chi connectivity index (χ4v) is 4.14. The monoisotopic (exact) mass is 406 g/mol. The molecule has 0 saturated carbocycles. The van der Waals surface area contributed by atoms with E-state index in [0.29, 0.717) is 18.1 Å². The predicted octanol–water partition coefficient (Wildman–Crippen LogP) is 3.64. The minimum Gasteiger partial charge on any atom is -0.379 e. The van der Waals surface area contributed by atoms with E-state index in [1.54, 1.807) is 0 Å². The van der Waals surface area contributed by atoms with E-state index < -0.39 is 11.6 Å². The van der Waals surface area contributed by atoms with Crippen LogP contribution in [-0.2, 0) is 9.53 Å². The number of hydrogen-bond acceptors (Lipinski definition) is 4. The van der Waals surface area contributed by atoms with Crippen LogP contribution in [0.1, 0.15) is 18.5 Å². The fraction of sp³-hybridized carbons (Fsp3) is 0.381. The van der Waals surface area contributed by atoms with Gasteiger partial charge in [0, 0.05) is 24.0 Å². The Hall–Kier alpha value is -1.96. The highest BCUT2D eigenvalue weighted by atomic mass is 32.2. The van der Waals surface area contributed by atoms with Crippen LogP contribution in [0.5, 0.6) is 0 Å². The van der Waals surface area contributed by atoms with E-state index >= 15 is 0 Å². The van der Waals surface area contributed by atoms with E-state index in [-0.39, 0.29) is 23.7 Å². The molecular formula is C21H24F2N2O2S. The Morgan fingerprint density at radius 2 is 1.86 bits per heavy atom. The highest BCUT2D eigenvalue weighted by Gasteiger charge is 2.28. The molecular weight excluding hydrogens is 382 g/mol. The second-order valence-corrected chi connectivity index (χ2v) is 7.77. The Kier molecular flexibility index (Phi) is 7.42. The molecule has 1 aliphatic rings. The SMILES string of the molecule is C[C@H](NC(=O)CSc1ccc(F)c(F)c1)[C@H](c1ccccc1)N1CCOCC1. The molecule has 0 spiro atoms. The van der Waals surface area contributed by atoms with Crippen LogP contribution in [0.3, 0.4) is 0 Å². The van der Waals surface area contributed by atoms with Crippen molar-refractivity contribution in [2.45, 2.75) is 23.9 Å². The predicted molar refractivity (Wildman–Crippen MR) is 106 cm³/mol. The minimum atomic E-state index is -0.907. The lowest BCUT2D eigenvalue weighted by atomic mass is 9.98. The smallest absolute Gasteiger partial charge is 0.230 e. The van der Waals surface area contributed by atoms with Gasteiger partial charge in [0.15, 0.2) is 11.6 Å². The van der Waals surface area contributed by atoms with Crippen molar-refractivity contribution in [3.63, 3.8) is 0 Å². The first-order chi connectivity index (χ1) is 13.5. The Labute approximate surface area is 168 Å². The van der Waals surface area contributed by atoms with Gasteiger partial charge in [-0.15, -0.1) is 11.8 Å². The second kappa shape index (κ2) is 10.0. The number of benzene rings is 2. The summed E-state index contributed by atoms with van der Waals surface area (Å²) in [5.74, 6) is -1.80. The lowest BCUT2D eigenvalue weighted by Crippen LogP contribution is -2.48. The molecule has 7 heteroatoms. The number of carbonyl (C=O) groups excluding carboxylic acids is 1. The normalized spacial score (nSPS) is 17.1. The maximum atomic E-state index is 13.3. The van der Waals surface area contributed by atoms with E-state index in [0.717, 1.165) is 30.8 Å². The standard InChI is InChI=1S/C21H24F2N2O2S/c1-15(24-20(26)14-28-17-7-8-18(22)19(23)13-17)21(16-5-3-2-4-6-16)25-9-11-27-12-10-25/h2-8,13,15,21H,9-12,14H2,1H3,(H,24,26)/t15-,21+/m0/s1. The van der Waals surface area contributed by atoms with Crippen LogP contribution in [0.15, 0.2) is 53.4 Å². The summed E-state index contributed by atoms with van der Waals surface area (Å²) in [5.41, 5.74) is 1.14. The molecule has 2 aromatic carbocycles. The first-order valence-corrected chi connectivity index (χ1v) is 10.3. The van der Waals surface area contributed by atoms with Crippen LogP contribution >= 0.6 is 11.8 Å². The summed E-state index contributed by atoms with van der Waals surface area (Å²) in [6.45, 7) is 4.96. The van der Waals surface area contributed by atoms with Crippen LogP contribution in [0, 0.1) is 11.6 Å². The van der Waals surface area contributed by atoms with Crippen molar-refractivity contribution in [2.24, 2.45) is 0 Å². The van der Waals surface area contributed by atoms with Crippen molar-refractivity contribution in [2.75, 3.05) is 32.1 Å². The lowest BCUT2D eigenvalue weighted by Gasteiger charge is -2.38. The molecule has 1 saturated heterocycles. The lowest BCUT2D eigenvalue weighted by molar-refractivity contribution is -0.119. The van der Waals surface area contributed by atoms with Gasteiger partial charge in [0.25, 0.3) is 0 Å². The van der Waals surface area contributed by atoms with Crippen molar-refractivity contribution >= 4 is 17.7 Å². The first kappa shape index (κ1) is 20.8. The quantitative estimate of drug-likeness (QED) is 0.713. The fourth-order valence-electron chi connectivity index (χ4n) is 3.41. The molecule has 0 radical (unpaired) electrons. The number of amides is 1. The number of nitrogens with one attached hydrogen (secondary N) is 1. The van der Waals surface area contributed by atoms with E-state index in [1.165, 1.54) is 17.8 Å². The number of ether oxygens (including phenoxy) is 1. The van der Waals surface area contributed by atoms with Crippen LogP contribution in [-0.4, -0.2) is 48.9 Å². The molecule has 2 atom stereocenters. The number of thioether (sulfide) groups is 1. The van der Waals surface area contributed by atoms with Crippen LogP contribution in [0.25, 0.3) is 0 Å². The first-order valence-electron chi connectivity index (χ1n) is 9.28. The molecule has 150 valence electrons. The molecule has 1 N–H and O–H groups in total. The molecule has 1 aliphatic heterocycles. The zero-order valence-corrected chi connectivity index (χ0v) is 16.6. The summed E-state index contributed by atoms with van der Waals surface area (Å²) in [6.07, 6.45) is 0. The van der Waals surface area contributed by atoms with E-state index in [2.05, 4.69) is 22.3 Å². The summed E-state index contributed by atoms with van der Waals surface area (Å²) >= 11 is 1.18. The van der Waals surface area contributed by atoms with Gasteiger partial charge < -0.3 is 10.1 Å². The highest BCUT2D eigenvalue weighted by Crippen LogP contribution is 2.26. The molecule has 2 aromatic rings. The van der Waals surface area contributed by atoms with Crippen molar-refractivity contribution in [1.82, 2.24) is 10.2 Å². The number of carbonyl (C=O) groups is 1. The van der Waals surface area contributed by atoms with Gasteiger partial charge in [-0.2, -0.15) is 0 Å². The molecule has 4 nitrogen and oxygen atoms in total. The molecule has 1 fully saturated rings. The average Bonchev–Trinajstić information content (AvgIpc) is 2.71. The Morgan fingerprint density at radius 1 is 1.14 bits per heavy atom. The van der Waals surface area contributed by atoms with Gasteiger partial charge in [0.05, 0.1) is 25.0 Å². The van der Waals surface area contributed by atoms with Crippen molar-refractivity contribution in [3.8, 4) is 0 Å². The van der Waals surface area contributed by atoms with E-state index in [9.17, 15) is 13.6 Å². The molecule has 28 heavy (non-hydrogen) atoms. The third-order valence-electron chi connectivity index (χ3n) is 4.70. The number of hydrogen-bond donors (Lipinski definition) is 1. The van der Waals surface area contributed by atoms with Gasteiger partial charge >= 0.3 is 0 Å². The van der Waals surface area contributed by atoms with Gasteiger partial charge in [0.2, 0.25) is 5.91 Å². The number of morpholine rings is 1. The molecule has 0 aliphatic carbocycles. The molecule has 1 heterocycles. The van der Waals surface area contributed by atoms with Gasteiger partial charge in [-0.25, -0.2) is 8.78 Å². The summed E-state index contributed by atoms with van der Waals surface area (Å²) in [4.78, 5) is 15.3. The van der Waals surface area contributed by atoms with Crippen molar-refractivity contribution in [3.05, 3.63) is 65.7 Å². The molecule has 0 unspecified atom stereocenters. The Bertz CT molecular complexity index is 785. The third kappa shape index (κ3) is 5.53. The number of halogens is 2. The Balaban J connectivity index is 1.62. The van der Waals surface area contributed by atoms with Crippen molar-refractivity contribution < 1.29 is 18.3 Å². The average molecular weight is 406 g/mol. The third-order valence-corrected chi connectivity index (χ3v) is 5.70. The molecule has 0 bridgehead atoms. The molecule has 0 aromatic heterocycles. The van der Waals surface area contributed by atoms with Gasteiger partial charge in [-0.3, -0.25) is 9.69 Å². The minimum absolute atomic E-state index is 0.0438. The zero-order valence-electron chi connectivity index (χ0n) is 15.7. The maximum Gasteiger partial charge on any atom is 0.230 e. The van der Waals surface area contributed by atoms with E-state index in [1.807, 2.05) is 25.1 Å². The maximum absolute atomic E-state index is 13.3. The summed E-state index contributed by atoms with van der Waals surface area (Å²) < 4.78 is 31.8. The number of nitrogens with zero attached hydrogens (tertiary/aromatic N) is 1. The van der Waals surface area contributed by atoms with Crippen molar-refractivity contribution in [1.29, 1.82) is 0 Å². The van der Waals surface area contributed by atoms with Gasteiger partial charge in [-0.1, -0.05) is 30.3 Å². The van der Waals surface area contributed by atoms with Crippen LogP contribution < -0.4 is 5.32 Å². The second-order valence-electron chi connectivity index (χ2n) is 6.72. The largest absolute Gasteiger partial charge is 0.379 e. The van der Waals surface area contributed by atoms with Gasteiger partial charge in [0.1, 0.15) is 0 Å². The topological polar surface area (TPSA) is 41.6 Å². The van der Waals surface area contributed by atoms with E-state index in [4.69, 9.17) is 4.74 Å². The zero-order chi connectivity index (χ0) is 19.9. The summed E-state index contributed by atoms with van der Waals surface area (Å²) in [7, 11) is 0. The summed E-state index contributed by atoms with van der Waals surface area (Å²) in [5, 5.41) is 3.06. The highest BCUT2D eigenvalue weighted by molar-refractivity contribution is 8.00. The molecule has 3 rings (SSSR count). The Morgan fingerprint density at radius 3 is 2.54 bits per heavy atom.